The zero-order chi connectivity index (χ0) is 24.0. The van der Waals surface area contributed by atoms with Crippen molar-refractivity contribution in [3.8, 4) is 16.8 Å². The van der Waals surface area contributed by atoms with Gasteiger partial charge in [-0.15, -0.1) is 5.10 Å². The van der Waals surface area contributed by atoms with Crippen molar-refractivity contribution in [3.63, 3.8) is 0 Å². The molecule has 172 valence electrons. The third-order valence-corrected chi connectivity index (χ3v) is 5.55. The molecule has 0 aliphatic heterocycles. The number of alkyl halides is 3. The van der Waals surface area contributed by atoms with Gasteiger partial charge < -0.3 is 4.57 Å². The van der Waals surface area contributed by atoms with Gasteiger partial charge in [-0.25, -0.2) is 18.9 Å². The molecule has 1 aromatic carbocycles. The largest absolute Gasteiger partial charge is 0.433 e. The molecule has 0 unspecified atom stereocenters. The minimum absolute atomic E-state index is 0.0374. The minimum Gasteiger partial charge on any atom is -0.302 e. The van der Waals surface area contributed by atoms with Gasteiger partial charge in [0.1, 0.15) is 5.69 Å². The Hall–Kier alpha value is -3.92. The number of imidazole rings is 1. The second-order valence-corrected chi connectivity index (χ2v) is 8.13. The van der Waals surface area contributed by atoms with E-state index in [1.165, 1.54) is 15.1 Å². The van der Waals surface area contributed by atoms with Crippen molar-refractivity contribution >= 4 is 17.2 Å². The molecule has 7 nitrogen and oxygen atoms in total. The second kappa shape index (κ2) is 8.14. The molecule has 5 aromatic rings. The normalized spacial score (nSPS) is 11.9. The lowest BCUT2D eigenvalue weighted by atomic mass is 10.1. The van der Waals surface area contributed by atoms with Gasteiger partial charge in [-0.2, -0.15) is 13.2 Å². The predicted octanol–water partition coefficient (Wildman–Crippen LogP) is 4.77. The lowest BCUT2D eigenvalue weighted by Crippen LogP contribution is -2.22. The number of hydrogen-bond acceptors (Lipinski definition) is 4. The molecule has 0 bridgehead atoms. The van der Waals surface area contributed by atoms with Crippen LogP contribution in [0.5, 0.6) is 0 Å². The van der Waals surface area contributed by atoms with Crippen LogP contribution in [0.15, 0.2) is 72.2 Å². The highest BCUT2D eigenvalue weighted by Gasteiger charge is 2.32. The van der Waals surface area contributed by atoms with Crippen LogP contribution in [0.1, 0.15) is 17.0 Å². The van der Waals surface area contributed by atoms with Crippen LogP contribution in [0.4, 0.5) is 13.2 Å². The van der Waals surface area contributed by atoms with Gasteiger partial charge in [0.25, 0.3) is 0 Å². The molecule has 4 aromatic heterocycles. The fraction of sp³-hybridized carbons (Fsp3) is 0.130. The standard InChI is InChI=1S/C23H16ClF3N6O/c1-14-11-31(13-29-14)20-18(16-3-5-17(24)6-4-16)8-9-32-21(20)30-33(22(32)34)12-15-2-7-19(28-10-15)23(25,26)27/h2-11,13H,12H2,1H3. The molecule has 0 radical (unpaired) electrons. The molecule has 0 spiro atoms. The van der Waals surface area contributed by atoms with Crippen molar-refractivity contribution in [2.45, 2.75) is 19.6 Å². The Kier molecular flexibility index (Phi) is 5.24. The molecule has 34 heavy (non-hydrogen) atoms. The molecule has 4 heterocycles. The Morgan fingerprint density at radius 1 is 1.03 bits per heavy atom. The first-order valence-corrected chi connectivity index (χ1v) is 10.5. The zero-order valence-electron chi connectivity index (χ0n) is 17.7. The van der Waals surface area contributed by atoms with Crippen LogP contribution in [0.25, 0.3) is 22.5 Å². The highest BCUT2D eigenvalue weighted by Crippen LogP contribution is 2.30. The molecule has 0 N–H and O–H groups in total. The fourth-order valence-electron chi connectivity index (χ4n) is 3.69. The Morgan fingerprint density at radius 2 is 1.79 bits per heavy atom. The Morgan fingerprint density at radius 3 is 2.41 bits per heavy atom. The number of nitrogens with zero attached hydrogens (tertiary/aromatic N) is 6. The van der Waals surface area contributed by atoms with Crippen LogP contribution in [0.2, 0.25) is 5.02 Å². The first-order valence-electron chi connectivity index (χ1n) is 10.1. The summed E-state index contributed by atoms with van der Waals surface area (Å²) in [5, 5.41) is 5.10. The maximum absolute atomic E-state index is 13.1. The monoisotopic (exact) mass is 484 g/mol. The number of pyridine rings is 2. The highest BCUT2D eigenvalue weighted by atomic mass is 35.5. The molecule has 0 amide bonds. The number of aromatic nitrogens is 6. The number of hydrogen-bond donors (Lipinski definition) is 0. The smallest absolute Gasteiger partial charge is 0.302 e. The topological polar surface area (TPSA) is 70.0 Å². The summed E-state index contributed by atoms with van der Waals surface area (Å²) in [6.45, 7) is 1.81. The SMILES string of the molecule is Cc1cn(-c2c(-c3ccc(Cl)cc3)ccn3c(=O)n(Cc4ccc(C(F)(F)F)nc4)nc23)cn1. The molecule has 0 saturated carbocycles. The summed E-state index contributed by atoms with van der Waals surface area (Å²) in [7, 11) is 0. The number of aryl methyl sites for hydroxylation is 1. The van der Waals surface area contributed by atoms with E-state index >= 15 is 0 Å². The van der Waals surface area contributed by atoms with Crippen LogP contribution in [0.3, 0.4) is 0 Å². The van der Waals surface area contributed by atoms with E-state index in [1.54, 1.807) is 35.3 Å². The molecule has 0 saturated heterocycles. The molecular weight excluding hydrogens is 469 g/mol. The molecule has 5 rings (SSSR count). The Bertz CT molecular complexity index is 1550. The van der Waals surface area contributed by atoms with Crippen LogP contribution in [-0.4, -0.2) is 28.7 Å². The van der Waals surface area contributed by atoms with Gasteiger partial charge in [0.2, 0.25) is 0 Å². The summed E-state index contributed by atoms with van der Waals surface area (Å²) >= 11 is 6.05. The molecule has 11 heteroatoms. The zero-order valence-corrected chi connectivity index (χ0v) is 18.4. The van der Waals surface area contributed by atoms with E-state index in [4.69, 9.17) is 11.6 Å². The van der Waals surface area contributed by atoms with E-state index in [2.05, 4.69) is 15.1 Å². The minimum atomic E-state index is -4.53. The van der Waals surface area contributed by atoms with E-state index in [1.807, 2.05) is 25.3 Å². The summed E-state index contributed by atoms with van der Waals surface area (Å²) in [4.78, 5) is 20.8. The third kappa shape index (κ3) is 3.96. The molecule has 0 atom stereocenters. The van der Waals surface area contributed by atoms with Gasteiger partial charge in [-0.1, -0.05) is 29.8 Å². The number of fused-ring (bicyclic) bond motifs is 1. The number of benzene rings is 1. The molecule has 0 aliphatic carbocycles. The van der Waals surface area contributed by atoms with Gasteiger partial charge in [0, 0.05) is 29.2 Å². The van der Waals surface area contributed by atoms with E-state index < -0.39 is 17.6 Å². The van der Waals surface area contributed by atoms with Gasteiger partial charge in [0.15, 0.2) is 5.65 Å². The quantitative estimate of drug-likeness (QED) is 0.368. The lowest BCUT2D eigenvalue weighted by molar-refractivity contribution is -0.141. The predicted molar refractivity (Wildman–Crippen MR) is 120 cm³/mol. The number of rotatable bonds is 4. The highest BCUT2D eigenvalue weighted by molar-refractivity contribution is 6.30. The summed E-state index contributed by atoms with van der Waals surface area (Å²) in [6, 6.07) is 11.2. The van der Waals surface area contributed by atoms with Crippen molar-refractivity contribution in [2.75, 3.05) is 0 Å². The van der Waals surface area contributed by atoms with E-state index in [0.29, 0.717) is 21.9 Å². The van der Waals surface area contributed by atoms with Crippen molar-refractivity contribution in [2.24, 2.45) is 0 Å². The molecular formula is C23H16ClF3N6O. The Balaban J connectivity index is 1.65. The first kappa shape index (κ1) is 21.9. The average Bonchev–Trinajstić information content (AvgIpc) is 3.37. The van der Waals surface area contributed by atoms with E-state index in [9.17, 15) is 18.0 Å². The summed E-state index contributed by atoms with van der Waals surface area (Å²) in [6.07, 6.45) is 1.63. The van der Waals surface area contributed by atoms with Crippen LogP contribution >= 0.6 is 11.6 Å². The second-order valence-electron chi connectivity index (χ2n) is 7.69. The van der Waals surface area contributed by atoms with Crippen molar-refractivity contribution < 1.29 is 13.2 Å². The Labute approximate surface area is 195 Å². The maximum Gasteiger partial charge on any atom is 0.433 e. The van der Waals surface area contributed by atoms with Gasteiger partial charge in [0.05, 0.1) is 24.3 Å². The van der Waals surface area contributed by atoms with Crippen molar-refractivity contribution in [3.05, 3.63) is 99.8 Å². The first-order chi connectivity index (χ1) is 16.2. The van der Waals surface area contributed by atoms with Crippen LogP contribution in [0, 0.1) is 6.92 Å². The van der Waals surface area contributed by atoms with Crippen molar-refractivity contribution in [1.82, 2.24) is 28.7 Å². The maximum atomic E-state index is 13.1. The summed E-state index contributed by atoms with van der Waals surface area (Å²) < 4.78 is 42.8. The molecule has 0 fully saturated rings. The fourth-order valence-corrected chi connectivity index (χ4v) is 3.81. The molecule has 0 aliphatic rings. The lowest BCUT2D eigenvalue weighted by Gasteiger charge is -2.11. The van der Waals surface area contributed by atoms with Gasteiger partial charge in [-0.3, -0.25) is 4.98 Å². The third-order valence-electron chi connectivity index (χ3n) is 5.30. The van der Waals surface area contributed by atoms with E-state index in [0.717, 1.165) is 29.1 Å². The van der Waals surface area contributed by atoms with E-state index in [-0.39, 0.29) is 6.54 Å². The average molecular weight is 485 g/mol. The van der Waals surface area contributed by atoms with Crippen molar-refractivity contribution in [1.29, 1.82) is 0 Å². The number of halogens is 4. The summed E-state index contributed by atoms with van der Waals surface area (Å²) in [5.74, 6) is 0. The van der Waals surface area contributed by atoms with Gasteiger partial charge in [-0.05, 0) is 42.3 Å². The summed E-state index contributed by atoms with van der Waals surface area (Å²) in [5.41, 5.74) is 2.43. The van der Waals surface area contributed by atoms with Crippen LogP contribution < -0.4 is 5.69 Å². The van der Waals surface area contributed by atoms with Gasteiger partial charge >= 0.3 is 11.9 Å². The van der Waals surface area contributed by atoms with Crippen LogP contribution in [-0.2, 0) is 12.7 Å².